The normalized spacial score (nSPS) is 16.7. The van der Waals surface area contributed by atoms with Crippen molar-refractivity contribution in [1.82, 2.24) is 9.80 Å². The predicted octanol–water partition coefficient (Wildman–Crippen LogP) is 4.18. The fourth-order valence-electron chi connectivity index (χ4n) is 4.46. The number of benzene rings is 2. The highest BCUT2D eigenvalue weighted by Gasteiger charge is 2.46. The second-order valence-corrected chi connectivity index (χ2v) is 9.44. The van der Waals surface area contributed by atoms with E-state index in [9.17, 15) is 14.7 Å². The lowest BCUT2D eigenvalue weighted by atomic mass is 9.94. The number of hydrogen-bond donors (Lipinski definition) is 1. The number of ether oxygens (including phenoxy) is 4. The molecule has 3 rings (SSSR count). The van der Waals surface area contributed by atoms with E-state index < -0.39 is 17.7 Å². The number of aliphatic hydroxyl groups excluding tert-OH is 1. The molecule has 9 nitrogen and oxygen atoms in total. The van der Waals surface area contributed by atoms with Crippen molar-refractivity contribution in [2.45, 2.75) is 32.7 Å². The molecule has 0 radical (unpaired) electrons. The first-order chi connectivity index (χ1) is 18.2. The molecule has 38 heavy (non-hydrogen) atoms. The molecule has 2 aromatic rings. The van der Waals surface area contributed by atoms with E-state index in [1.54, 1.807) is 30.3 Å². The topological polar surface area (TPSA) is 97.8 Å². The highest BCUT2D eigenvalue weighted by molar-refractivity contribution is 6.46. The van der Waals surface area contributed by atoms with E-state index in [1.807, 2.05) is 25.9 Å². The van der Waals surface area contributed by atoms with Crippen molar-refractivity contribution in [3.05, 3.63) is 52.6 Å². The number of carbonyl (C=O) groups excluding carboxylic acids is 2. The zero-order chi connectivity index (χ0) is 28.0. The van der Waals surface area contributed by atoms with E-state index in [0.29, 0.717) is 47.3 Å². The second kappa shape index (κ2) is 12.7. The predicted molar refractivity (Wildman–Crippen MR) is 145 cm³/mol. The van der Waals surface area contributed by atoms with Gasteiger partial charge in [0.1, 0.15) is 11.5 Å². The highest BCUT2D eigenvalue weighted by atomic mass is 16.5. The molecule has 9 heteroatoms. The molecule has 0 spiro atoms. The van der Waals surface area contributed by atoms with E-state index in [4.69, 9.17) is 18.9 Å². The van der Waals surface area contributed by atoms with Crippen molar-refractivity contribution in [2.24, 2.45) is 0 Å². The van der Waals surface area contributed by atoms with Crippen molar-refractivity contribution in [2.75, 3.05) is 55.1 Å². The Kier molecular flexibility index (Phi) is 9.63. The van der Waals surface area contributed by atoms with E-state index >= 15 is 0 Å². The van der Waals surface area contributed by atoms with Gasteiger partial charge in [-0.3, -0.25) is 9.59 Å². The Morgan fingerprint density at radius 2 is 1.66 bits per heavy atom. The van der Waals surface area contributed by atoms with Crippen LogP contribution in [0.1, 0.15) is 42.5 Å². The quantitative estimate of drug-likeness (QED) is 0.190. The number of unbranched alkanes of at least 4 members (excludes halogenated alkanes) is 1. The van der Waals surface area contributed by atoms with Gasteiger partial charge in [-0.2, -0.15) is 0 Å². The Bertz CT molecular complexity index is 1180. The average Bonchev–Trinajstić information content (AvgIpc) is 3.16. The molecule has 1 aliphatic rings. The van der Waals surface area contributed by atoms with Crippen LogP contribution in [0.25, 0.3) is 5.76 Å². The maximum atomic E-state index is 13.4. The Balaban J connectivity index is 2.17. The summed E-state index contributed by atoms with van der Waals surface area (Å²) in [7, 11) is 8.27. The molecule has 0 aromatic heterocycles. The van der Waals surface area contributed by atoms with Crippen LogP contribution >= 0.6 is 0 Å². The lowest BCUT2D eigenvalue weighted by molar-refractivity contribution is -0.140. The third kappa shape index (κ3) is 5.88. The molecule has 1 amide bonds. The standard InChI is InChI=1S/C29H38N2O7/c1-8-9-14-38-21-11-10-19(15-18(21)2)26(32)24-25(31(13-12-30(3)4)29(34)27(24)33)20-16-22(35-5)28(37-7)23(17-20)36-6/h10-11,15-17,25,32H,8-9,12-14H2,1-7H3/b26-24+/t25-/m1/s1. The summed E-state index contributed by atoms with van der Waals surface area (Å²) in [5.74, 6) is 0.178. The second-order valence-electron chi connectivity index (χ2n) is 9.44. The average molecular weight is 527 g/mol. The van der Waals surface area contributed by atoms with Gasteiger partial charge in [0.2, 0.25) is 5.75 Å². The number of aliphatic hydroxyl groups is 1. The first-order valence-corrected chi connectivity index (χ1v) is 12.6. The van der Waals surface area contributed by atoms with Gasteiger partial charge in [0.25, 0.3) is 11.7 Å². The number of hydrogen-bond acceptors (Lipinski definition) is 8. The van der Waals surface area contributed by atoms with E-state index in [2.05, 4.69) is 6.92 Å². The molecule has 1 saturated heterocycles. The van der Waals surface area contributed by atoms with Gasteiger partial charge in [-0.1, -0.05) is 13.3 Å². The maximum Gasteiger partial charge on any atom is 0.295 e. The summed E-state index contributed by atoms with van der Waals surface area (Å²) in [6.45, 7) is 5.37. The number of carbonyl (C=O) groups is 2. The smallest absolute Gasteiger partial charge is 0.295 e. The number of likely N-dealkylation sites (tertiary alicyclic amines) is 1. The van der Waals surface area contributed by atoms with Crippen LogP contribution in [0, 0.1) is 6.92 Å². The summed E-state index contributed by atoms with van der Waals surface area (Å²) >= 11 is 0. The number of methoxy groups -OCH3 is 3. The lowest BCUT2D eigenvalue weighted by Crippen LogP contribution is -2.35. The molecule has 0 bridgehead atoms. The molecule has 2 aromatic carbocycles. The largest absolute Gasteiger partial charge is 0.507 e. The first kappa shape index (κ1) is 28.8. The molecule has 0 saturated carbocycles. The molecule has 1 atom stereocenters. The van der Waals surface area contributed by atoms with E-state index in [0.717, 1.165) is 18.4 Å². The summed E-state index contributed by atoms with van der Waals surface area (Å²) in [6, 6.07) is 7.77. The molecule has 1 heterocycles. The zero-order valence-electron chi connectivity index (χ0n) is 23.3. The Morgan fingerprint density at radius 1 is 1.00 bits per heavy atom. The number of aryl methyl sites for hydroxylation is 1. The van der Waals surface area contributed by atoms with Gasteiger partial charge in [0, 0.05) is 18.7 Å². The number of nitrogens with zero attached hydrogens (tertiary/aromatic N) is 2. The molecule has 1 N–H and O–H groups in total. The van der Waals surface area contributed by atoms with Crippen molar-refractivity contribution in [3.8, 4) is 23.0 Å². The Morgan fingerprint density at radius 3 is 2.18 bits per heavy atom. The Labute approximate surface area is 224 Å². The minimum absolute atomic E-state index is 0.00193. The lowest BCUT2D eigenvalue weighted by Gasteiger charge is -2.27. The van der Waals surface area contributed by atoms with Crippen LogP contribution < -0.4 is 18.9 Å². The van der Waals surface area contributed by atoms with Crippen LogP contribution in [0.2, 0.25) is 0 Å². The van der Waals surface area contributed by atoms with Crippen molar-refractivity contribution < 1.29 is 33.6 Å². The Hall–Kier alpha value is -3.72. The van der Waals surface area contributed by atoms with Crippen molar-refractivity contribution in [3.63, 3.8) is 0 Å². The number of likely N-dealkylation sites (N-methyl/N-ethyl adjacent to an activating group) is 1. The number of ketones is 1. The van der Waals surface area contributed by atoms with Gasteiger partial charge >= 0.3 is 0 Å². The summed E-state index contributed by atoms with van der Waals surface area (Å²) in [5.41, 5.74) is 1.79. The molecule has 1 aliphatic heterocycles. The van der Waals surface area contributed by atoms with Gasteiger partial charge in [-0.15, -0.1) is 0 Å². The number of amides is 1. The van der Waals surface area contributed by atoms with Crippen LogP contribution in [0.4, 0.5) is 0 Å². The molecular formula is C29H38N2O7. The maximum absolute atomic E-state index is 13.4. The molecule has 0 aliphatic carbocycles. The fourth-order valence-corrected chi connectivity index (χ4v) is 4.46. The monoisotopic (exact) mass is 526 g/mol. The van der Waals surface area contributed by atoms with Crippen LogP contribution in [-0.4, -0.2) is 81.7 Å². The van der Waals surface area contributed by atoms with Crippen LogP contribution in [-0.2, 0) is 9.59 Å². The zero-order valence-corrected chi connectivity index (χ0v) is 23.3. The molecule has 0 unspecified atom stereocenters. The SMILES string of the molecule is CCCCOc1ccc(/C(O)=C2\C(=O)C(=O)N(CCN(C)C)[C@@H]2c2cc(OC)c(OC)c(OC)c2)cc1C. The molecule has 206 valence electrons. The van der Waals surface area contributed by atoms with Crippen molar-refractivity contribution in [1.29, 1.82) is 0 Å². The van der Waals surface area contributed by atoms with Crippen LogP contribution in [0.5, 0.6) is 23.0 Å². The van der Waals surface area contributed by atoms with Crippen LogP contribution in [0.3, 0.4) is 0 Å². The third-order valence-corrected chi connectivity index (χ3v) is 6.53. The van der Waals surface area contributed by atoms with Crippen molar-refractivity contribution >= 4 is 17.4 Å². The number of Topliss-reactive ketones (excluding diaryl/α,β-unsaturated/α-hetero) is 1. The molecular weight excluding hydrogens is 488 g/mol. The van der Waals surface area contributed by atoms with Gasteiger partial charge in [0.05, 0.1) is 39.6 Å². The van der Waals surface area contributed by atoms with Gasteiger partial charge in [0.15, 0.2) is 11.5 Å². The highest BCUT2D eigenvalue weighted by Crippen LogP contribution is 2.45. The fraction of sp³-hybridized carbons (Fsp3) is 0.448. The summed E-state index contributed by atoms with van der Waals surface area (Å²) in [6.07, 6.45) is 1.96. The minimum Gasteiger partial charge on any atom is -0.507 e. The van der Waals surface area contributed by atoms with E-state index in [-0.39, 0.29) is 17.9 Å². The van der Waals surface area contributed by atoms with Gasteiger partial charge in [-0.25, -0.2) is 0 Å². The number of rotatable bonds is 12. The third-order valence-electron chi connectivity index (χ3n) is 6.53. The summed E-state index contributed by atoms with van der Waals surface area (Å²) in [5, 5.41) is 11.5. The van der Waals surface area contributed by atoms with Gasteiger partial charge < -0.3 is 33.9 Å². The van der Waals surface area contributed by atoms with Crippen LogP contribution in [0.15, 0.2) is 35.9 Å². The molecule has 1 fully saturated rings. The van der Waals surface area contributed by atoms with Gasteiger partial charge in [-0.05, 0) is 68.9 Å². The summed E-state index contributed by atoms with van der Waals surface area (Å²) < 4.78 is 22.3. The van der Waals surface area contributed by atoms with E-state index in [1.165, 1.54) is 26.2 Å². The first-order valence-electron chi connectivity index (χ1n) is 12.6. The summed E-state index contributed by atoms with van der Waals surface area (Å²) in [4.78, 5) is 30.0. The minimum atomic E-state index is -0.857.